The Hall–Kier alpha value is -3.19. The van der Waals surface area contributed by atoms with Gasteiger partial charge in [-0.15, -0.1) is 0 Å². The van der Waals surface area contributed by atoms with Crippen molar-refractivity contribution in [2.45, 2.75) is 32.4 Å². The van der Waals surface area contributed by atoms with Gasteiger partial charge in [0.05, 0.1) is 6.42 Å². The number of amides is 1. The molecule has 0 saturated carbocycles. The first kappa shape index (κ1) is 20.5. The van der Waals surface area contributed by atoms with E-state index >= 15 is 0 Å². The van der Waals surface area contributed by atoms with Gasteiger partial charge in [-0.05, 0) is 18.6 Å². The highest BCUT2D eigenvalue weighted by Crippen LogP contribution is 2.16. The molecule has 0 fully saturated rings. The normalized spacial score (nSPS) is 11.7. The van der Waals surface area contributed by atoms with Crippen molar-refractivity contribution in [1.29, 1.82) is 0 Å². The number of nitrogens with one attached hydrogen (secondary N) is 1. The van der Waals surface area contributed by atoms with Gasteiger partial charge in [-0.25, -0.2) is 0 Å². The summed E-state index contributed by atoms with van der Waals surface area (Å²) in [6.07, 6.45) is -0.668. The Labute approximate surface area is 173 Å². The highest BCUT2D eigenvalue weighted by atomic mass is 35.5. The molecule has 0 unspecified atom stereocenters. The third-order valence-electron chi connectivity index (χ3n) is 4.13. The average Bonchev–Trinajstić information content (AvgIpc) is 3.21. The van der Waals surface area contributed by atoms with Crippen molar-refractivity contribution >= 4 is 23.5 Å². The van der Waals surface area contributed by atoms with Gasteiger partial charge in [0, 0.05) is 23.6 Å². The molecule has 0 spiro atoms. The molecule has 150 valence electrons. The first-order valence-corrected chi connectivity index (χ1v) is 9.49. The lowest BCUT2D eigenvalue weighted by Gasteiger charge is -2.13. The Morgan fingerprint density at radius 2 is 1.86 bits per heavy atom. The van der Waals surface area contributed by atoms with Gasteiger partial charge in [0.15, 0.2) is 6.10 Å². The van der Waals surface area contributed by atoms with Crippen LogP contribution in [0.5, 0.6) is 0 Å². The summed E-state index contributed by atoms with van der Waals surface area (Å²) in [5.41, 5.74) is 1.61. The number of ether oxygens (including phenoxy) is 1. The zero-order valence-electron chi connectivity index (χ0n) is 15.8. The highest BCUT2D eigenvalue weighted by Gasteiger charge is 2.19. The fraction of sp³-hybridized carbons (Fsp3) is 0.238. The average molecular weight is 414 g/mol. The van der Waals surface area contributed by atoms with E-state index in [0.717, 1.165) is 11.1 Å². The molecular formula is C21H20ClN3O4. The minimum absolute atomic E-state index is 0.0263. The van der Waals surface area contributed by atoms with Crippen molar-refractivity contribution in [3.8, 4) is 11.4 Å². The van der Waals surface area contributed by atoms with Crippen molar-refractivity contribution in [2.75, 3.05) is 0 Å². The summed E-state index contributed by atoms with van der Waals surface area (Å²) in [5.74, 6) is -0.134. The Morgan fingerprint density at radius 3 is 2.62 bits per heavy atom. The SMILES string of the molecule is C[C@@H](OC(=O)CCc1nc(-c2ccccc2)no1)C(=O)NCc1ccccc1Cl. The van der Waals surface area contributed by atoms with E-state index in [0.29, 0.717) is 16.7 Å². The number of rotatable bonds is 8. The van der Waals surface area contributed by atoms with Crippen LogP contribution in [0.1, 0.15) is 24.8 Å². The summed E-state index contributed by atoms with van der Waals surface area (Å²) in [6, 6.07) is 16.6. The van der Waals surface area contributed by atoms with E-state index in [1.807, 2.05) is 48.5 Å². The molecule has 0 saturated heterocycles. The van der Waals surface area contributed by atoms with Gasteiger partial charge in [-0.1, -0.05) is 65.3 Å². The molecule has 1 atom stereocenters. The second-order valence-electron chi connectivity index (χ2n) is 6.32. The molecule has 3 rings (SSSR count). The van der Waals surface area contributed by atoms with Crippen LogP contribution in [0, 0.1) is 0 Å². The standard InChI is InChI=1S/C21H20ClN3O4/c1-14(21(27)23-13-16-9-5-6-10-17(16)22)28-19(26)12-11-18-24-20(25-29-18)15-7-3-2-4-8-15/h2-10,14H,11-13H2,1H3,(H,23,27)/t14-/m1/s1. The maximum Gasteiger partial charge on any atom is 0.307 e. The zero-order valence-corrected chi connectivity index (χ0v) is 16.6. The van der Waals surface area contributed by atoms with E-state index in [-0.39, 0.29) is 19.4 Å². The monoisotopic (exact) mass is 413 g/mol. The van der Waals surface area contributed by atoms with Crippen LogP contribution in [0.15, 0.2) is 59.1 Å². The molecule has 0 radical (unpaired) electrons. The molecule has 1 aromatic heterocycles. The molecule has 0 bridgehead atoms. The first-order chi connectivity index (χ1) is 14.0. The van der Waals surface area contributed by atoms with E-state index in [9.17, 15) is 9.59 Å². The molecule has 1 amide bonds. The van der Waals surface area contributed by atoms with Crippen LogP contribution < -0.4 is 5.32 Å². The Bertz CT molecular complexity index is 975. The number of aromatic nitrogens is 2. The molecule has 0 aliphatic heterocycles. The van der Waals surface area contributed by atoms with Crippen LogP contribution in [-0.4, -0.2) is 28.1 Å². The maximum absolute atomic E-state index is 12.1. The predicted molar refractivity (Wildman–Crippen MR) is 107 cm³/mol. The van der Waals surface area contributed by atoms with Crippen LogP contribution in [0.25, 0.3) is 11.4 Å². The summed E-state index contributed by atoms with van der Waals surface area (Å²) in [5, 5.41) is 7.16. The number of carbonyl (C=O) groups excluding carboxylic acids is 2. The minimum Gasteiger partial charge on any atom is -0.453 e. The van der Waals surface area contributed by atoms with Crippen molar-refractivity contribution in [2.24, 2.45) is 0 Å². The van der Waals surface area contributed by atoms with Gasteiger partial charge in [0.25, 0.3) is 5.91 Å². The summed E-state index contributed by atoms with van der Waals surface area (Å²) in [6.45, 7) is 1.77. The molecule has 8 heteroatoms. The van der Waals surface area contributed by atoms with Gasteiger partial charge in [0.1, 0.15) is 0 Å². The number of carbonyl (C=O) groups is 2. The summed E-state index contributed by atoms with van der Waals surface area (Å²) in [7, 11) is 0. The quantitative estimate of drug-likeness (QED) is 0.567. The Morgan fingerprint density at radius 1 is 1.14 bits per heavy atom. The van der Waals surface area contributed by atoms with Gasteiger partial charge in [-0.2, -0.15) is 4.98 Å². The summed E-state index contributed by atoms with van der Waals surface area (Å²) < 4.78 is 10.3. The smallest absolute Gasteiger partial charge is 0.307 e. The van der Waals surface area contributed by atoms with Gasteiger partial charge >= 0.3 is 5.97 Å². The second kappa shape index (κ2) is 9.84. The highest BCUT2D eigenvalue weighted by molar-refractivity contribution is 6.31. The Balaban J connectivity index is 1.43. The van der Waals surface area contributed by atoms with Gasteiger partial charge in [0.2, 0.25) is 11.7 Å². The number of hydrogen-bond donors (Lipinski definition) is 1. The molecule has 2 aromatic carbocycles. The van der Waals surface area contributed by atoms with Gasteiger partial charge < -0.3 is 14.6 Å². The lowest BCUT2D eigenvalue weighted by Crippen LogP contribution is -2.35. The van der Waals surface area contributed by atoms with E-state index in [2.05, 4.69) is 15.5 Å². The number of benzene rings is 2. The number of aryl methyl sites for hydroxylation is 1. The zero-order chi connectivity index (χ0) is 20.6. The molecule has 3 aromatic rings. The van der Waals surface area contributed by atoms with Crippen LogP contribution in [0.4, 0.5) is 0 Å². The minimum atomic E-state index is -0.924. The molecule has 0 aliphatic rings. The van der Waals surface area contributed by atoms with Gasteiger partial charge in [-0.3, -0.25) is 9.59 Å². The topological polar surface area (TPSA) is 94.3 Å². The van der Waals surface area contributed by atoms with Crippen molar-refractivity contribution < 1.29 is 18.8 Å². The Kier molecular flexibility index (Phi) is 6.97. The van der Waals surface area contributed by atoms with Crippen molar-refractivity contribution in [3.05, 3.63) is 71.1 Å². The molecule has 7 nitrogen and oxygen atoms in total. The van der Waals surface area contributed by atoms with Crippen LogP contribution >= 0.6 is 11.6 Å². The van der Waals surface area contributed by atoms with Crippen molar-refractivity contribution in [3.63, 3.8) is 0 Å². The number of hydrogen-bond acceptors (Lipinski definition) is 6. The lowest BCUT2D eigenvalue weighted by molar-refractivity contribution is -0.154. The molecule has 1 N–H and O–H groups in total. The summed E-state index contributed by atoms with van der Waals surface area (Å²) in [4.78, 5) is 28.4. The second-order valence-corrected chi connectivity index (χ2v) is 6.73. The molecule has 0 aliphatic carbocycles. The fourth-order valence-corrected chi connectivity index (χ4v) is 2.75. The number of halogens is 1. The largest absolute Gasteiger partial charge is 0.453 e. The molecule has 29 heavy (non-hydrogen) atoms. The van der Waals surface area contributed by atoms with E-state index in [4.69, 9.17) is 20.9 Å². The third-order valence-corrected chi connectivity index (χ3v) is 4.50. The predicted octanol–water partition coefficient (Wildman–Crippen LogP) is 3.57. The number of esters is 1. The van der Waals surface area contributed by atoms with Crippen LogP contribution in [0.3, 0.4) is 0 Å². The molecular weight excluding hydrogens is 394 g/mol. The lowest BCUT2D eigenvalue weighted by atomic mass is 10.2. The van der Waals surface area contributed by atoms with Crippen LogP contribution in [-0.2, 0) is 27.3 Å². The van der Waals surface area contributed by atoms with E-state index in [1.165, 1.54) is 6.92 Å². The third kappa shape index (κ3) is 5.89. The van der Waals surface area contributed by atoms with E-state index in [1.54, 1.807) is 6.07 Å². The van der Waals surface area contributed by atoms with E-state index < -0.39 is 18.0 Å². The van der Waals surface area contributed by atoms with Crippen LogP contribution in [0.2, 0.25) is 5.02 Å². The number of nitrogens with zero attached hydrogens (tertiary/aromatic N) is 2. The van der Waals surface area contributed by atoms with Crippen molar-refractivity contribution in [1.82, 2.24) is 15.5 Å². The molecule has 1 heterocycles. The summed E-state index contributed by atoms with van der Waals surface area (Å²) >= 11 is 6.06. The first-order valence-electron chi connectivity index (χ1n) is 9.11. The fourth-order valence-electron chi connectivity index (χ4n) is 2.55. The maximum atomic E-state index is 12.1.